The minimum absolute atomic E-state index is 0.0843. The van der Waals surface area contributed by atoms with Crippen LogP contribution in [0.2, 0.25) is 0 Å². The van der Waals surface area contributed by atoms with Crippen molar-refractivity contribution in [2.24, 2.45) is 40.9 Å². The van der Waals surface area contributed by atoms with E-state index in [4.69, 9.17) is 9.47 Å². The molecular formula is C29H47NO2. The van der Waals surface area contributed by atoms with E-state index in [1.165, 1.54) is 70.8 Å². The summed E-state index contributed by atoms with van der Waals surface area (Å²) >= 11 is 0. The molecule has 1 spiro atoms. The van der Waals surface area contributed by atoms with Gasteiger partial charge in [-0.1, -0.05) is 31.9 Å². The first-order chi connectivity index (χ1) is 15.3. The summed E-state index contributed by atoms with van der Waals surface area (Å²) in [6.07, 6.45) is 14.3. The quantitative estimate of drug-likeness (QED) is 0.497. The van der Waals surface area contributed by atoms with Gasteiger partial charge in [-0.15, -0.1) is 0 Å². The zero-order valence-electron chi connectivity index (χ0n) is 21.3. The van der Waals surface area contributed by atoms with Crippen LogP contribution in [0.1, 0.15) is 91.9 Å². The highest BCUT2D eigenvalue weighted by molar-refractivity contribution is 5.29. The van der Waals surface area contributed by atoms with Crippen molar-refractivity contribution >= 4 is 0 Å². The molecule has 0 aromatic rings. The predicted octanol–water partition coefficient (Wildman–Crippen LogP) is 6.13. The Morgan fingerprint density at radius 2 is 1.91 bits per heavy atom. The lowest BCUT2D eigenvalue weighted by molar-refractivity contribution is -0.0841. The summed E-state index contributed by atoms with van der Waals surface area (Å²) in [5, 5.41) is 3.88. The SMILES string of the molecule is CO[C@H]1CC[C@@]2(C)[C@H](CC[C@H]3[C@@H]4CCC5(CC(C)=C4C[C@@H]32)O[C@@H]2C[C@H](C)CN[C@H]2[C@H]5C)C1. The molecule has 1 N–H and O–H groups in total. The lowest BCUT2D eigenvalue weighted by atomic mass is 9.52. The van der Waals surface area contributed by atoms with Crippen LogP contribution in [-0.4, -0.2) is 37.5 Å². The number of allylic oxidation sites excluding steroid dienone is 1. The van der Waals surface area contributed by atoms with Crippen molar-refractivity contribution in [3.8, 4) is 0 Å². The molecule has 2 saturated heterocycles. The lowest BCUT2D eigenvalue weighted by Gasteiger charge is -2.54. The lowest BCUT2D eigenvalue weighted by Crippen LogP contribution is -2.48. The second-order valence-corrected chi connectivity index (χ2v) is 13.3. The van der Waals surface area contributed by atoms with Gasteiger partial charge in [0.2, 0.25) is 0 Å². The Bertz CT molecular complexity index is 777. The molecule has 3 heteroatoms. The standard InChI is InChI=1S/C29H47NO2/c1-17-12-26-27(30-16-17)19(3)29(32-26)11-9-22-23-7-6-20-13-21(31-5)8-10-28(20,4)25(23)14-24(22)18(2)15-29/h17,19-23,25-27,30H,6-16H2,1-5H3/t17-,19+,20+,21-,22-,23-,25-,26+,27-,28-,29?/m0/s1. The molecule has 0 aromatic heterocycles. The first-order valence-electron chi connectivity index (χ1n) is 14.0. The van der Waals surface area contributed by atoms with E-state index < -0.39 is 0 Å². The molecule has 3 nitrogen and oxygen atoms in total. The van der Waals surface area contributed by atoms with Crippen LogP contribution in [0.4, 0.5) is 0 Å². The van der Waals surface area contributed by atoms with Gasteiger partial charge in [0.15, 0.2) is 0 Å². The molecule has 2 heterocycles. The van der Waals surface area contributed by atoms with Crippen molar-refractivity contribution in [1.82, 2.24) is 5.32 Å². The number of fused-ring (bicyclic) bond motifs is 6. The van der Waals surface area contributed by atoms with Gasteiger partial charge >= 0.3 is 0 Å². The monoisotopic (exact) mass is 441 g/mol. The molecule has 3 saturated carbocycles. The van der Waals surface area contributed by atoms with Crippen molar-refractivity contribution in [2.45, 2.75) is 116 Å². The second-order valence-electron chi connectivity index (χ2n) is 13.3. The van der Waals surface area contributed by atoms with Crippen molar-refractivity contribution in [1.29, 1.82) is 0 Å². The molecule has 11 atom stereocenters. The third-order valence-electron chi connectivity index (χ3n) is 11.9. The van der Waals surface area contributed by atoms with Gasteiger partial charge in [-0.3, -0.25) is 0 Å². The molecule has 0 radical (unpaired) electrons. The average Bonchev–Trinajstić information content (AvgIpc) is 3.23. The van der Waals surface area contributed by atoms with E-state index in [9.17, 15) is 0 Å². The smallest absolute Gasteiger partial charge is 0.0765 e. The number of methoxy groups -OCH3 is 1. The molecule has 1 unspecified atom stereocenters. The number of piperidine rings is 1. The largest absolute Gasteiger partial charge is 0.381 e. The molecule has 180 valence electrons. The minimum atomic E-state index is 0.0843. The molecule has 0 aromatic carbocycles. The zero-order chi connectivity index (χ0) is 22.3. The van der Waals surface area contributed by atoms with Crippen LogP contribution in [0.25, 0.3) is 0 Å². The van der Waals surface area contributed by atoms with Crippen LogP contribution < -0.4 is 5.32 Å². The highest BCUT2D eigenvalue weighted by atomic mass is 16.5. The van der Waals surface area contributed by atoms with Gasteiger partial charge in [0.1, 0.15) is 0 Å². The van der Waals surface area contributed by atoms with Gasteiger partial charge in [0, 0.05) is 19.1 Å². The van der Waals surface area contributed by atoms with Gasteiger partial charge in [0.25, 0.3) is 0 Å². The van der Waals surface area contributed by atoms with E-state index >= 15 is 0 Å². The molecule has 2 aliphatic heterocycles. The fraction of sp³-hybridized carbons (Fsp3) is 0.931. The van der Waals surface area contributed by atoms with E-state index in [2.05, 4.69) is 33.0 Å². The Morgan fingerprint density at radius 1 is 1.06 bits per heavy atom. The summed E-state index contributed by atoms with van der Waals surface area (Å²) in [4.78, 5) is 0. The van der Waals surface area contributed by atoms with Crippen molar-refractivity contribution in [2.75, 3.05) is 13.7 Å². The van der Waals surface area contributed by atoms with Crippen LogP contribution in [0.5, 0.6) is 0 Å². The van der Waals surface area contributed by atoms with Crippen LogP contribution in [-0.2, 0) is 9.47 Å². The van der Waals surface area contributed by atoms with Crippen molar-refractivity contribution in [3.63, 3.8) is 0 Å². The highest BCUT2D eigenvalue weighted by Gasteiger charge is 2.59. The molecule has 4 aliphatic carbocycles. The molecule has 0 bridgehead atoms. The van der Waals surface area contributed by atoms with Gasteiger partial charge in [0.05, 0.1) is 17.8 Å². The molecule has 6 rings (SSSR count). The number of hydrogen-bond acceptors (Lipinski definition) is 3. The first kappa shape index (κ1) is 22.1. The summed E-state index contributed by atoms with van der Waals surface area (Å²) in [6.45, 7) is 11.2. The summed E-state index contributed by atoms with van der Waals surface area (Å²) in [6, 6.07) is 0.569. The van der Waals surface area contributed by atoms with E-state index in [1.54, 1.807) is 5.57 Å². The van der Waals surface area contributed by atoms with E-state index in [0.29, 0.717) is 29.6 Å². The summed E-state index contributed by atoms with van der Waals surface area (Å²) < 4.78 is 12.9. The van der Waals surface area contributed by atoms with Crippen molar-refractivity contribution < 1.29 is 9.47 Å². The zero-order valence-corrected chi connectivity index (χ0v) is 21.3. The Hall–Kier alpha value is -0.380. The summed E-state index contributed by atoms with van der Waals surface area (Å²) in [5.74, 6) is 4.92. The number of nitrogens with one attached hydrogen (secondary N) is 1. The number of rotatable bonds is 1. The summed E-state index contributed by atoms with van der Waals surface area (Å²) in [5.41, 5.74) is 4.22. The number of ether oxygens (including phenoxy) is 2. The van der Waals surface area contributed by atoms with Crippen LogP contribution >= 0.6 is 0 Å². The van der Waals surface area contributed by atoms with E-state index in [-0.39, 0.29) is 5.60 Å². The summed E-state index contributed by atoms with van der Waals surface area (Å²) in [7, 11) is 1.93. The Kier molecular flexibility index (Phi) is 5.40. The maximum Gasteiger partial charge on any atom is 0.0765 e. The minimum Gasteiger partial charge on any atom is -0.381 e. The third-order valence-corrected chi connectivity index (χ3v) is 11.9. The van der Waals surface area contributed by atoms with Crippen LogP contribution in [0.3, 0.4) is 0 Å². The highest BCUT2D eigenvalue weighted by Crippen LogP contribution is 2.65. The third kappa shape index (κ3) is 3.16. The second kappa shape index (κ2) is 7.82. The van der Waals surface area contributed by atoms with Gasteiger partial charge in [-0.05, 0) is 113 Å². The normalized spacial score (nSPS) is 55.2. The molecule has 5 fully saturated rings. The Labute approximate surface area is 196 Å². The Balaban J connectivity index is 1.26. The maximum atomic E-state index is 7.05. The van der Waals surface area contributed by atoms with Crippen LogP contribution in [0.15, 0.2) is 11.1 Å². The molecule has 0 amide bonds. The first-order valence-corrected chi connectivity index (χ1v) is 14.0. The topological polar surface area (TPSA) is 30.5 Å². The van der Waals surface area contributed by atoms with Gasteiger partial charge in [-0.2, -0.15) is 0 Å². The Morgan fingerprint density at radius 3 is 2.72 bits per heavy atom. The van der Waals surface area contributed by atoms with Crippen molar-refractivity contribution in [3.05, 3.63) is 11.1 Å². The van der Waals surface area contributed by atoms with Gasteiger partial charge < -0.3 is 14.8 Å². The van der Waals surface area contributed by atoms with Crippen LogP contribution in [0, 0.1) is 40.9 Å². The number of hydrogen-bond donors (Lipinski definition) is 1. The average molecular weight is 442 g/mol. The molecular weight excluding hydrogens is 394 g/mol. The fourth-order valence-electron chi connectivity index (χ4n) is 10.00. The van der Waals surface area contributed by atoms with E-state index in [1.807, 2.05) is 12.7 Å². The van der Waals surface area contributed by atoms with E-state index in [0.717, 1.165) is 29.6 Å². The maximum absolute atomic E-state index is 7.05. The molecule has 32 heavy (non-hydrogen) atoms. The fourth-order valence-corrected chi connectivity index (χ4v) is 10.00. The molecule has 6 aliphatic rings. The van der Waals surface area contributed by atoms with Gasteiger partial charge in [-0.25, -0.2) is 0 Å². The predicted molar refractivity (Wildman–Crippen MR) is 129 cm³/mol.